The Morgan fingerprint density at radius 3 is 2.33 bits per heavy atom. The number of fused-ring (bicyclic) bond motifs is 3. The first kappa shape index (κ1) is 28.8. The second kappa shape index (κ2) is 8.59. The number of phenolic OH excluding ortho intramolecular Hbond substituents is 3. The number of phenols is 3. The summed E-state index contributed by atoms with van der Waals surface area (Å²) < 4.78 is 17.0. The maximum absolute atomic E-state index is 14.7. The summed E-state index contributed by atoms with van der Waals surface area (Å²) in [6, 6.07) is 2.04. The average Bonchev–Trinajstić information content (AvgIpc) is 3.80. The van der Waals surface area contributed by atoms with E-state index in [1.165, 1.54) is 0 Å². The molecule has 238 valence electrons. The molecular weight excluding hydrogens is 632 g/mol. The van der Waals surface area contributed by atoms with Crippen molar-refractivity contribution in [1.29, 1.82) is 0 Å². The predicted molar refractivity (Wildman–Crippen MR) is 151 cm³/mol. The zero-order valence-electron chi connectivity index (χ0n) is 23.6. The van der Waals surface area contributed by atoms with Gasteiger partial charge in [-0.05, 0) is 30.5 Å². The number of Topliss-reactive ketones (excluding diaryl/α,β-unsaturated/α-hetero) is 3. The minimum atomic E-state index is -2.66. The van der Waals surface area contributed by atoms with Gasteiger partial charge in [-0.15, -0.1) is 0 Å². The van der Waals surface area contributed by atoms with Crippen LogP contribution >= 0.6 is 11.6 Å². The van der Waals surface area contributed by atoms with Crippen LogP contribution in [0.5, 0.6) is 23.0 Å². The number of aromatic hydroxyl groups is 3. The molecule has 6 atom stereocenters. The molecule has 1 saturated heterocycles. The molecule has 2 aliphatic heterocycles. The van der Waals surface area contributed by atoms with Crippen molar-refractivity contribution in [1.82, 2.24) is 0 Å². The van der Waals surface area contributed by atoms with Crippen LogP contribution in [-0.2, 0) is 30.3 Å². The molecule has 5 aliphatic carbocycles. The highest BCUT2D eigenvalue weighted by Gasteiger charge is 2.82. The van der Waals surface area contributed by atoms with Gasteiger partial charge >= 0.3 is 5.97 Å². The Labute approximate surface area is 262 Å². The van der Waals surface area contributed by atoms with Crippen LogP contribution in [0.1, 0.15) is 51.4 Å². The van der Waals surface area contributed by atoms with Gasteiger partial charge in [-0.2, -0.15) is 0 Å². The molecule has 2 bridgehead atoms. The van der Waals surface area contributed by atoms with Crippen LogP contribution < -0.4 is 4.74 Å². The number of carbonyl (C=O) groups excluding carboxylic acids is 4. The van der Waals surface area contributed by atoms with Crippen molar-refractivity contribution < 1.29 is 69.1 Å². The number of benzene rings is 2. The molecule has 2 heterocycles. The van der Waals surface area contributed by atoms with E-state index in [2.05, 4.69) is 0 Å². The van der Waals surface area contributed by atoms with Crippen LogP contribution in [0.25, 0.3) is 11.5 Å². The van der Waals surface area contributed by atoms with E-state index < -0.39 is 138 Å². The third-order valence-corrected chi connectivity index (χ3v) is 10.8. The van der Waals surface area contributed by atoms with Gasteiger partial charge in [-0.25, -0.2) is 4.79 Å². The van der Waals surface area contributed by atoms with E-state index >= 15 is 0 Å². The SMILES string of the molecule is COC(=O)[C@]12Oc3c(c(O)c(Cl)c4c3[C@@H]3C(=O)C5=C(O)c6c(O)ccc(O)c6C(=O)[C@]5(C4)[C@@H]4O[C@]34CO)C(O)=C1C(=O)CC[C@@H]2O. The van der Waals surface area contributed by atoms with Gasteiger partial charge in [0.25, 0.3) is 5.60 Å². The van der Waals surface area contributed by atoms with Crippen LogP contribution in [-0.4, -0.2) is 96.2 Å². The van der Waals surface area contributed by atoms with Crippen molar-refractivity contribution in [3.8, 4) is 23.0 Å². The maximum atomic E-state index is 14.7. The summed E-state index contributed by atoms with van der Waals surface area (Å²) in [5.41, 5.74) is -9.93. The smallest absolute Gasteiger partial charge is 0.358 e. The minimum absolute atomic E-state index is 0.132. The zero-order valence-corrected chi connectivity index (χ0v) is 24.3. The number of esters is 1. The Morgan fingerprint density at radius 2 is 1.67 bits per heavy atom. The van der Waals surface area contributed by atoms with Gasteiger partial charge < -0.3 is 50.0 Å². The van der Waals surface area contributed by atoms with Crippen molar-refractivity contribution in [2.45, 2.75) is 48.6 Å². The van der Waals surface area contributed by atoms with Crippen LogP contribution in [0, 0.1) is 5.41 Å². The molecule has 14 nitrogen and oxygen atoms in total. The number of carbonyl (C=O) groups is 4. The topological polar surface area (TPSA) is 241 Å². The summed E-state index contributed by atoms with van der Waals surface area (Å²) in [4.78, 5) is 55.7. The largest absolute Gasteiger partial charge is 0.507 e. The normalized spacial score (nSPS) is 33.2. The summed E-state index contributed by atoms with van der Waals surface area (Å²) in [6.45, 7) is -0.876. The van der Waals surface area contributed by atoms with E-state index in [0.29, 0.717) is 0 Å². The lowest BCUT2D eigenvalue weighted by atomic mass is 9.56. The van der Waals surface area contributed by atoms with Gasteiger partial charge in [-0.1, -0.05) is 11.6 Å². The number of epoxide rings is 1. The molecule has 0 amide bonds. The monoisotopic (exact) mass is 654 g/mol. The number of halogens is 1. The summed E-state index contributed by atoms with van der Waals surface area (Å²) >= 11 is 6.72. The van der Waals surface area contributed by atoms with E-state index in [4.69, 9.17) is 25.8 Å². The molecule has 7 N–H and O–H groups in total. The van der Waals surface area contributed by atoms with E-state index in [0.717, 1.165) is 19.2 Å². The fraction of sp³-hybridized carbons (Fsp3) is 0.355. The predicted octanol–water partition coefficient (Wildman–Crippen LogP) is 1.26. The number of ether oxygens (including phenoxy) is 3. The van der Waals surface area contributed by atoms with Gasteiger partial charge in [-0.3, -0.25) is 14.4 Å². The second-order valence-corrected chi connectivity index (χ2v) is 12.6. The fourth-order valence-electron chi connectivity index (χ4n) is 8.39. The first-order chi connectivity index (χ1) is 21.8. The third kappa shape index (κ3) is 2.82. The Bertz CT molecular complexity index is 1990. The van der Waals surface area contributed by atoms with Gasteiger partial charge in [0.15, 0.2) is 17.3 Å². The highest BCUT2D eigenvalue weighted by Crippen LogP contribution is 2.72. The van der Waals surface area contributed by atoms with Crippen molar-refractivity contribution in [2.75, 3.05) is 13.7 Å². The van der Waals surface area contributed by atoms with Crippen LogP contribution in [0.4, 0.5) is 0 Å². The number of aliphatic hydroxyl groups is 4. The van der Waals surface area contributed by atoms with Crippen LogP contribution in [0.3, 0.4) is 0 Å². The van der Waals surface area contributed by atoms with Crippen molar-refractivity contribution >= 4 is 46.4 Å². The fourth-order valence-corrected chi connectivity index (χ4v) is 8.66. The quantitative estimate of drug-likeness (QED) is 0.137. The minimum Gasteiger partial charge on any atom is -0.507 e. The Hall–Kier alpha value is -4.63. The lowest BCUT2D eigenvalue weighted by Crippen LogP contribution is -2.62. The Balaban J connectivity index is 1.50. The molecule has 7 aliphatic rings. The van der Waals surface area contributed by atoms with Gasteiger partial charge in [0, 0.05) is 12.0 Å². The average molecular weight is 655 g/mol. The standard InChI is InChI=1S/C31H23ClO14/c1-44-28(43)31-12(37)5-4-11(36)17(31)22(39)16-23(40)20(32)8-6-29-19(21(38)14-9(34)2-3-10(35)15(14)26(29)42)24(41)18(13(8)25(16)45-31)30(7-33)27(29)46-30/h2-3,12,18,27,33-35,37-40H,4-7H2,1H3/t12-,18+,27-,29+,30+,31+/m0/s1. The number of aliphatic hydroxyl groups excluding tert-OH is 4. The number of ketones is 3. The molecule has 2 aromatic carbocycles. The molecule has 15 heteroatoms. The summed E-state index contributed by atoms with van der Waals surface area (Å²) in [5, 5.41) is 77.3. The Morgan fingerprint density at radius 1 is 1.02 bits per heavy atom. The summed E-state index contributed by atoms with van der Waals surface area (Å²) in [5.74, 6) is -10.2. The van der Waals surface area contributed by atoms with E-state index in [-0.39, 0.29) is 24.0 Å². The van der Waals surface area contributed by atoms with Crippen molar-refractivity contribution in [3.05, 3.63) is 56.1 Å². The van der Waals surface area contributed by atoms with Gasteiger partial charge in [0.2, 0.25) is 0 Å². The van der Waals surface area contributed by atoms with Gasteiger partial charge in [0.1, 0.15) is 57.9 Å². The first-order valence-corrected chi connectivity index (χ1v) is 14.5. The molecule has 0 unspecified atom stereocenters. The third-order valence-electron chi connectivity index (χ3n) is 10.4. The maximum Gasteiger partial charge on any atom is 0.358 e. The molecule has 1 spiro atoms. The molecule has 2 saturated carbocycles. The number of rotatable bonds is 2. The second-order valence-electron chi connectivity index (χ2n) is 12.3. The molecular formula is C31H23ClO14. The summed E-state index contributed by atoms with van der Waals surface area (Å²) in [6.07, 6.45) is -4.29. The Kier molecular flexibility index (Phi) is 5.38. The van der Waals surface area contributed by atoms with Crippen LogP contribution in [0.15, 0.2) is 23.3 Å². The number of hydrogen-bond donors (Lipinski definition) is 7. The lowest BCUT2D eigenvalue weighted by molar-refractivity contribution is -0.169. The number of methoxy groups -OCH3 is 1. The van der Waals surface area contributed by atoms with Crippen LogP contribution in [0.2, 0.25) is 5.02 Å². The molecule has 2 aromatic rings. The summed E-state index contributed by atoms with van der Waals surface area (Å²) in [7, 11) is 0.956. The number of hydrogen-bond acceptors (Lipinski definition) is 14. The molecule has 46 heavy (non-hydrogen) atoms. The molecule has 0 radical (unpaired) electrons. The molecule has 0 aromatic heterocycles. The van der Waals surface area contributed by atoms with E-state index in [1.54, 1.807) is 0 Å². The highest BCUT2D eigenvalue weighted by molar-refractivity contribution is 6.34. The first-order valence-electron chi connectivity index (χ1n) is 14.1. The molecule has 9 rings (SSSR count). The van der Waals surface area contributed by atoms with Gasteiger partial charge in [0.05, 0.1) is 52.3 Å². The zero-order chi connectivity index (χ0) is 33.0. The lowest BCUT2D eigenvalue weighted by Gasteiger charge is -2.44. The molecule has 3 fully saturated rings. The van der Waals surface area contributed by atoms with Crippen molar-refractivity contribution in [2.24, 2.45) is 5.41 Å². The van der Waals surface area contributed by atoms with E-state index in [1.807, 2.05) is 0 Å². The highest BCUT2D eigenvalue weighted by atomic mass is 35.5. The van der Waals surface area contributed by atoms with E-state index in [9.17, 15) is 54.9 Å². The van der Waals surface area contributed by atoms with Crippen molar-refractivity contribution in [3.63, 3.8) is 0 Å².